The van der Waals surface area contributed by atoms with Crippen molar-refractivity contribution in [3.05, 3.63) is 29.3 Å². The van der Waals surface area contributed by atoms with Gasteiger partial charge in [-0.15, -0.1) is 0 Å². The third-order valence-corrected chi connectivity index (χ3v) is 8.39. The summed E-state index contributed by atoms with van der Waals surface area (Å²) >= 11 is 0. The van der Waals surface area contributed by atoms with Gasteiger partial charge in [-0.05, 0) is 86.3 Å². The average Bonchev–Trinajstić information content (AvgIpc) is 3.26. The number of rotatable bonds is 17. The van der Waals surface area contributed by atoms with Crippen molar-refractivity contribution in [3.8, 4) is 5.75 Å². The zero-order chi connectivity index (χ0) is 24.9. The Labute approximate surface area is 214 Å². The van der Waals surface area contributed by atoms with Crippen LogP contribution >= 0.6 is 0 Å². The number of ether oxygens (including phenoxy) is 2. The number of hydrogen-bond acceptors (Lipinski definition) is 4. The standard InChI is InChI=1S/C31H50O4/c1-3-5-7-8-9-11-20-34-31(33)23-35-30-15-12-13-25-21-28-24(16-17-26(28)22-29(25)30)18-19-27(32)14-10-6-4-2/h12-13,15,24,26-28,32H,3-11,14,16-23H2,1-2H3. The van der Waals surface area contributed by atoms with Gasteiger partial charge >= 0.3 is 5.97 Å². The van der Waals surface area contributed by atoms with E-state index in [1.165, 1.54) is 62.5 Å². The van der Waals surface area contributed by atoms with E-state index in [2.05, 4.69) is 26.0 Å². The summed E-state index contributed by atoms with van der Waals surface area (Å²) in [7, 11) is 0. The molecule has 0 radical (unpaired) electrons. The van der Waals surface area contributed by atoms with Gasteiger partial charge in [0, 0.05) is 0 Å². The van der Waals surface area contributed by atoms with Gasteiger partial charge in [0.25, 0.3) is 0 Å². The van der Waals surface area contributed by atoms with Gasteiger partial charge in [-0.2, -0.15) is 0 Å². The molecule has 0 aromatic heterocycles. The summed E-state index contributed by atoms with van der Waals surface area (Å²) in [5, 5.41) is 10.4. The number of unbranched alkanes of at least 4 members (excludes halogenated alkanes) is 7. The van der Waals surface area contributed by atoms with Crippen LogP contribution in [0.25, 0.3) is 0 Å². The second kappa shape index (κ2) is 15.5. The lowest BCUT2D eigenvalue weighted by atomic mass is 9.73. The van der Waals surface area contributed by atoms with E-state index in [1.54, 1.807) is 0 Å². The molecular weight excluding hydrogens is 436 g/mol. The molecule has 0 bridgehead atoms. The molecule has 1 fully saturated rings. The smallest absolute Gasteiger partial charge is 0.344 e. The van der Waals surface area contributed by atoms with Crippen molar-refractivity contribution in [3.63, 3.8) is 0 Å². The molecule has 1 saturated carbocycles. The summed E-state index contributed by atoms with van der Waals surface area (Å²) in [6, 6.07) is 6.32. The molecule has 1 aromatic rings. The maximum absolute atomic E-state index is 12.2. The van der Waals surface area contributed by atoms with Crippen molar-refractivity contribution in [2.75, 3.05) is 13.2 Å². The Hall–Kier alpha value is -1.55. The lowest BCUT2D eigenvalue weighted by Gasteiger charge is -2.32. The van der Waals surface area contributed by atoms with Gasteiger partial charge in [0.15, 0.2) is 6.61 Å². The Morgan fingerprint density at radius 2 is 1.74 bits per heavy atom. The van der Waals surface area contributed by atoms with Crippen LogP contribution in [0, 0.1) is 17.8 Å². The van der Waals surface area contributed by atoms with Crippen molar-refractivity contribution in [1.29, 1.82) is 0 Å². The minimum absolute atomic E-state index is 0.00106. The summed E-state index contributed by atoms with van der Waals surface area (Å²) in [4.78, 5) is 12.2. The molecular formula is C31H50O4. The molecule has 0 saturated heterocycles. The number of benzene rings is 1. The molecule has 198 valence electrons. The summed E-state index contributed by atoms with van der Waals surface area (Å²) in [5.74, 6) is 2.77. The highest BCUT2D eigenvalue weighted by Crippen LogP contribution is 2.48. The Morgan fingerprint density at radius 3 is 2.57 bits per heavy atom. The van der Waals surface area contributed by atoms with Gasteiger partial charge in [0.05, 0.1) is 12.7 Å². The molecule has 4 heteroatoms. The number of aliphatic hydroxyl groups excluding tert-OH is 1. The first-order chi connectivity index (χ1) is 17.1. The van der Waals surface area contributed by atoms with Crippen LogP contribution in [0.1, 0.15) is 115 Å². The first kappa shape index (κ1) is 28.0. The van der Waals surface area contributed by atoms with Crippen molar-refractivity contribution < 1.29 is 19.4 Å². The number of hydrogen-bond donors (Lipinski definition) is 1. The number of fused-ring (bicyclic) bond motifs is 2. The van der Waals surface area contributed by atoms with E-state index < -0.39 is 0 Å². The molecule has 0 aliphatic heterocycles. The zero-order valence-electron chi connectivity index (χ0n) is 22.4. The van der Waals surface area contributed by atoms with E-state index in [-0.39, 0.29) is 18.7 Å². The number of carbonyl (C=O) groups is 1. The molecule has 2 aliphatic rings. The number of carbonyl (C=O) groups excluding carboxylic acids is 1. The summed E-state index contributed by atoms with van der Waals surface area (Å²) in [5.41, 5.74) is 2.69. The second-order valence-electron chi connectivity index (χ2n) is 11.1. The van der Waals surface area contributed by atoms with E-state index >= 15 is 0 Å². The van der Waals surface area contributed by atoms with Crippen molar-refractivity contribution in [2.45, 2.75) is 123 Å². The van der Waals surface area contributed by atoms with E-state index in [1.807, 2.05) is 6.07 Å². The fourth-order valence-electron chi connectivity index (χ4n) is 6.30. The van der Waals surface area contributed by atoms with E-state index in [4.69, 9.17) is 9.47 Å². The van der Waals surface area contributed by atoms with Crippen molar-refractivity contribution in [1.82, 2.24) is 0 Å². The van der Waals surface area contributed by atoms with E-state index in [9.17, 15) is 9.90 Å². The summed E-state index contributed by atoms with van der Waals surface area (Å²) in [6.07, 6.45) is 18.4. The molecule has 1 aromatic carbocycles. The molecule has 0 heterocycles. The van der Waals surface area contributed by atoms with Gasteiger partial charge in [-0.3, -0.25) is 0 Å². The molecule has 35 heavy (non-hydrogen) atoms. The quantitative estimate of drug-likeness (QED) is 0.184. The molecule has 4 atom stereocenters. The SMILES string of the molecule is CCCCCCCCOC(=O)COc1cccc2c1CC1CCC(CCC(O)CCCCC)C1C2. The Bertz CT molecular complexity index is 745. The third kappa shape index (κ3) is 9.12. The number of aliphatic hydroxyl groups is 1. The Morgan fingerprint density at radius 1 is 0.971 bits per heavy atom. The molecule has 1 N–H and O–H groups in total. The van der Waals surface area contributed by atoms with Crippen LogP contribution in [0.5, 0.6) is 5.75 Å². The lowest BCUT2D eigenvalue weighted by Crippen LogP contribution is -2.26. The maximum Gasteiger partial charge on any atom is 0.344 e. The van der Waals surface area contributed by atoms with Gasteiger partial charge in [-0.1, -0.05) is 77.3 Å². The van der Waals surface area contributed by atoms with Crippen LogP contribution in [0.3, 0.4) is 0 Å². The maximum atomic E-state index is 12.2. The highest BCUT2D eigenvalue weighted by Gasteiger charge is 2.39. The molecule has 4 unspecified atom stereocenters. The summed E-state index contributed by atoms with van der Waals surface area (Å²) in [6.45, 7) is 4.93. The fraction of sp³-hybridized carbons (Fsp3) is 0.774. The molecule has 0 amide bonds. The van der Waals surface area contributed by atoms with Gasteiger partial charge in [0.2, 0.25) is 0 Å². The predicted molar refractivity (Wildman–Crippen MR) is 143 cm³/mol. The van der Waals surface area contributed by atoms with Gasteiger partial charge in [0.1, 0.15) is 5.75 Å². The van der Waals surface area contributed by atoms with E-state index in [0.717, 1.165) is 69.0 Å². The molecule has 0 spiro atoms. The monoisotopic (exact) mass is 486 g/mol. The minimum atomic E-state index is -0.261. The predicted octanol–water partition coefficient (Wildman–Crippen LogP) is 7.43. The van der Waals surface area contributed by atoms with Crippen LogP contribution < -0.4 is 4.74 Å². The Balaban J connectivity index is 1.42. The minimum Gasteiger partial charge on any atom is -0.482 e. The molecule has 3 rings (SSSR count). The molecule has 2 aliphatic carbocycles. The van der Waals surface area contributed by atoms with Gasteiger partial charge < -0.3 is 14.6 Å². The Kier molecular flexibility index (Phi) is 12.4. The first-order valence-corrected chi connectivity index (χ1v) is 14.7. The third-order valence-electron chi connectivity index (χ3n) is 8.39. The van der Waals surface area contributed by atoms with Crippen LogP contribution in [-0.2, 0) is 22.4 Å². The van der Waals surface area contributed by atoms with Gasteiger partial charge in [-0.25, -0.2) is 4.79 Å². The highest BCUT2D eigenvalue weighted by molar-refractivity contribution is 5.71. The topological polar surface area (TPSA) is 55.8 Å². The normalized spacial score (nSPS) is 21.9. The van der Waals surface area contributed by atoms with Crippen molar-refractivity contribution in [2.24, 2.45) is 17.8 Å². The largest absolute Gasteiger partial charge is 0.482 e. The van der Waals surface area contributed by atoms with E-state index in [0.29, 0.717) is 12.5 Å². The second-order valence-corrected chi connectivity index (χ2v) is 11.1. The van der Waals surface area contributed by atoms with Crippen LogP contribution in [-0.4, -0.2) is 30.4 Å². The van der Waals surface area contributed by atoms with Crippen LogP contribution in [0.15, 0.2) is 18.2 Å². The fourth-order valence-corrected chi connectivity index (χ4v) is 6.30. The zero-order valence-corrected chi connectivity index (χ0v) is 22.4. The van der Waals surface area contributed by atoms with Crippen LogP contribution in [0.4, 0.5) is 0 Å². The van der Waals surface area contributed by atoms with Crippen LogP contribution in [0.2, 0.25) is 0 Å². The number of esters is 1. The lowest BCUT2D eigenvalue weighted by molar-refractivity contribution is -0.146. The highest BCUT2D eigenvalue weighted by atomic mass is 16.6. The summed E-state index contributed by atoms with van der Waals surface area (Å²) < 4.78 is 11.4. The average molecular weight is 487 g/mol. The van der Waals surface area contributed by atoms with Crippen molar-refractivity contribution >= 4 is 5.97 Å². The first-order valence-electron chi connectivity index (χ1n) is 14.7. The molecule has 4 nitrogen and oxygen atoms in total.